The molecule has 3 rings (SSSR count). The van der Waals surface area contributed by atoms with Crippen LogP contribution in [0.5, 0.6) is 0 Å². The number of hydrogen-bond acceptors (Lipinski definition) is 6. The van der Waals surface area contributed by atoms with Crippen LogP contribution in [0.1, 0.15) is 6.42 Å². The Morgan fingerprint density at radius 2 is 1.76 bits per heavy atom. The zero-order valence-corrected chi connectivity index (χ0v) is 18.4. The van der Waals surface area contributed by atoms with Gasteiger partial charge in [0.2, 0.25) is 26.6 Å². The summed E-state index contributed by atoms with van der Waals surface area (Å²) in [4.78, 5) is 6.41. The van der Waals surface area contributed by atoms with Crippen LogP contribution < -0.4 is 5.32 Å². The number of sulfone groups is 1. The van der Waals surface area contributed by atoms with Crippen LogP contribution >= 0.6 is 23.2 Å². The van der Waals surface area contributed by atoms with E-state index in [-0.39, 0.29) is 21.7 Å². The minimum Gasteiger partial charge on any atom is -0.419 e. The van der Waals surface area contributed by atoms with Gasteiger partial charge in [-0.15, -0.1) is 0 Å². The van der Waals surface area contributed by atoms with Crippen LogP contribution in [0.25, 0.3) is 11.5 Å². The average molecular weight is 454 g/mol. The minimum absolute atomic E-state index is 0.0808. The van der Waals surface area contributed by atoms with E-state index >= 15 is 0 Å². The molecule has 0 fully saturated rings. The maximum Gasteiger partial charge on any atom is 0.233 e. The molecular formula is C20H21Cl2N3O3S. The lowest BCUT2D eigenvalue weighted by Crippen LogP contribution is -2.17. The van der Waals surface area contributed by atoms with Gasteiger partial charge in [-0.25, -0.2) is 8.42 Å². The van der Waals surface area contributed by atoms with Crippen molar-refractivity contribution < 1.29 is 12.8 Å². The van der Waals surface area contributed by atoms with E-state index in [0.29, 0.717) is 22.2 Å². The van der Waals surface area contributed by atoms with Crippen molar-refractivity contribution in [2.75, 3.05) is 32.5 Å². The Kier molecular flexibility index (Phi) is 6.85. The Morgan fingerprint density at radius 1 is 1.07 bits per heavy atom. The molecule has 29 heavy (non-hydrogen) atoms. The maximum atomic E-state index is 13.2. The van der Waals surface area contributed by atoms with Gasteiger partial charge in [-0.2, -0.15) is 4.98 Å². The molecule has 3 aromatic rings. The predicted octanol–water partition coefficient (Wildman–Crippen LogP) is 4.84. The van der Waals surface area contributed by atoms with Gasteiger partial charge in [0.25, 0.3) is 0 Å². The normalized spacial score (nSPS) is 11.8. The quantitative estimate of drug-likeness (QED) is 0.491. The van der Waals surface area contributed by atoms with Gasteiger partial charge >= 0.3 is 0 Å². The number of nitrogens with zero attached hydrogens (tertiary/aromatic N) is 2. The van der Waals surface area contributed by atoms with Crippen LogP contribution in [-0.4, -0.2) is 45.5 Å². The molecule has 154 valence electrons. The largest absolute Gasteiger partial charge is 0.419 e. The number of oxazole rings is 1. The molecule has 0 bridgehead atoms. The van der Waals surface area contributed by atoms with Crippen LogP contribution in [0, 0.1) is 0 Å². The standard InChI is InChI=1S/C20H21Cl2N3O3S/c1-25(2)13-5-12-23-19-20(29(26,27)15-10-8-14(21)9-11-15)24-18(28-19)16-6-3-4-7-17(16)22/h3-4,6-11,23H,5,12-13H2,1-2H3. The minimum atomic E-state index is -3.92. The predicted molar refractivity (Wildman–Crippen MR) is 116 cm³/mol. The molecule has 6 nitrogen and oxygen atoms in total. The Morgan fingerprint density at radius 3 is 2.41 bits per heavy atom. The number of rotatable bonds is 8. The van der Waals surface area contributed by atoms with Crippen LogP contribution in [0.2, 0.25) is 10.0 Å². The molecule has 1 heterocycles. The van der Waals surface area contributed by atoms with Crippen molar-refractivity contribution in [3.05, 3.63) is 58.6 Å². The van der Waals surface area contributed by atoms with Gasteiger partial charge in [0.15, 0.2) is 0 Å². The molecule has 1 N–H and O–H groups in total. The molecule has 9 heteroatoms. The molecule has 0 saturated carbocycles. The molecule has 1 aromatic heterocycles. The lowest BCUT2D eigenvalue weighted by Gasteiger charge is -2.10. The van der Waals surface area contributed by atoms with E-state index < -0.39 is 9.84 Å². The Balaban J connectivity index is 2.01. The Bertz CT molecular complexity index is 1080. The summed E-state index contributed by atoms with van der Waals surface area (Å²) in [5, 5.41) is 3.75. The summed E-state index contributed by atoms with van der Waals surface area (Å²) in [5.74, 6) is 0.229. The van der Waals surface area contributed by atoms with E-state index in [4.69, 9.17) is 27.6 Å². The second kappa shape index (κ2) is 9.17. The van der Waals surface area contributed by atoms with E-state index in [1.54, 1.807) is 24.3 Å². The highest BCUT2D eigenvalue weighted by Crippen LogP contribution is 2.35. The SMILES string of the molecule is CN(C)CCCNc1oc(-c2ccccc2Cl)nc1S(=O)(=O)c1ccc(Cl)cc1. The monoisotopic (exact) mass is 453 g/mol. The molecule has 0 atom stereocenters. The van der Waals surface area contributed by atoms with Crippen LogP contribution in [-0.2, 0) is 9.84 Å². The van der Waals surface area contributed by atoms with Crippen molar-refractivity contribution in [3.8, 4) is 11.5 Å². The first kappa shape index (κ1) is 21.6. The lowest BCUT2D eigenvalue weighted by molar-refractivity contribution is 0.404. The summed E-state index contributed by atoms with van der Waals surface area (Å²) in [6, 6.07) is 12.9. The van der Waals surface area contributed by atoms with Crippen molar-refractivity contribution in [1.82, 2.24) is 9.88 Å². The van der Waals surface area contributed by atoms with E-state index in [0.717, 1.165) is 13.0 Å². The van der Waals surface area contributed by atoms with Crippen molar-refractivity contribution in [2.45, 2.75) is 16.3 Å². The highest BCUT2D eigenvalue weighted by atomic mass is 35.5. The van der Waals surface area contributed by atoms with Gasteiger partial charge in [-0.05, 0) is 63.5 Å². The molecule has 2 aromatic carbocycles. The summed E-state index contributed by atoms with van der Waals surface area (Å²) in [6.45, 7) is 1.37. The second-order valence-corrected chi connectivity index (χ2v) is 9.38. The average Bonchev–Trinajstić information content (AvgIpc) is 3.10. The number of benzene rings is 2. The van der Waals surface area contributed by atoms with Gasteiger partial charge < -0.3 is 14.6 Å². The number of anilines is 1. The maximum absolute atomic E-state index is 13.2. The molecule has 0 radical (unpaired) electrons. The summed E-state index contributed by atoms with van der Waals surface area (Å²) >= 11 is 12.1. The zero-order valence-electron chi connectivity index (χ0n) is 16.0. The molecule has 0 aliphatic heterocycles. The molecule has 0 aliphatic carbocycles. The first-order valence-corrected chi connectivity index (χ1v) is 11.2. The third kappa shape index (κ3) is 5.11. The van der Waals surface area contributed by atoms with E-state index in [9.17, 15) is 8.42 Å². The molecule has 0 aliphatic rings. The fraction of sp³-hybridized carbons (Fsp3) is 0.250. The van der Waals surface area contributed by atoms with Crippen LogP contribution in [0.3, 0.4) is 0 Å². The number of hydrogen-bond donors (Lipinski definition) is 1. The molecule has 0 saturated heterocycles. The van der Waals surface area contributed by atoms with Gasteiger partial charge in [0.05, 0.1) is 15.5 Å². The third-order valence-corrected chi connectivity index (χ3v) is 6.41. The fourth-order valence-electron chi connectivity index (χ4n) is 2.67. The molecule has 0 amide bonds. The smallest absolute Gasteiger partial charge is 0.233 e. The fourth-order valence-corrected chi connectivity index (χ4v) is 4.29. The first-order chi connectivity index (χ1) is 13.8. The number of aromatic nitrogens is 1. The Labute approximate surface area is 180 Å². The highest BCUT2D eigenvalue weighted by Gasteiger charge is 2.29. The highest BCUT2D eigenvalue weighted by molar-refractivity contribution is 7.91. The van der Waals surface area contributed by atoms with E-state index in [1.807, 2.05) is 19.0 Å². The number of nitrogens with one attached hydrogen (secondary N) is 1. The molecular weight excluding hydrogens is 433 g/mol. The first-order valence-electron chi connectivity index (χ1n) is 8.94. The molecule has 0 unspecified atom stereocenters. The van der Waals surface area contributed by atoms with Gasteiger partial charge in [-0.1, -0.05) is 35.3 Å². The van der Waals surface area contributed by atoms with Gasteiger partial charge in [0.1, 0.15) is 0 Å². The van der Waals surface area contributed by atoms with Crippen LogP contribution in [0.15, 0.2) is 62.9 Å². The van der Waals surface area contributed by atoms with Crippen molar-refractivity contribution in [1.29, 1.82) is 0 Å². The second-order valence-electron chi connectivity index (χ2n) is 6.67. The third-order valence-electron chi connectivity index (χ3n) is 4.15. The number of halogens is 2. The summed E-state index contributed by atoms with van der Waals surface area (Å²) in [5.41, 5.74) is 0.517. The lowest BCUT2D eigenvalue weighted by atomic mass is 10.2. The summed E-state index contributed by atoms with van der Waals surface area (Å²) < 4.78 is 32.2. The molecule has 0 spiro atoms. The van der Waals surface area contributed by atoms with Crippen molar-refractivity contribution in [3.63, 3.8) is 0 Å². The Hall–Kier alpha value is -2.06. The van der Waals surface area contributed by atoms with Crippen molar-refractivity contribution >= 4 is 38.9 Å². The zero-order chi connectivity index (χ0) is 21.0. The van der Waals surface area contributed by atoms with Gasteiger partial charge in [0, 0.05) is 11.6 Å². The van der Waals surface area contributed by atoms with E-state index in [2.05, 4.69) is 10.3 Å². The summed E-state index contributed by atoms with van der Waals surface area (Å²) in [6.07, 6.45) is 0.801. The summed E-state index contributed by atoms with van der Waals surface area (Å²) in [7, 11) is 0.0258. The van der Waals surface area contributed by atoms with E-state index in [1.165, 1.54) is 24.3 Å². The topological polar surface area (TPSA) is 75.4 Å². The van der Waals surface area contributed by atoms with Crippen LogP contribution in [0.4, 0.5) is 5.88 Å². The van der Waals surface area contributed by atoms with Gasteiger partial charge in [-0.3, -0.25) is 0 Å². The van der Waals surface area contributed by atoms with Crippen molar-refractivity contribution in [2.24, 2.45) is 0 Å².